The van der Waals surface area contributed by atoms with Crippen LogP contribution in [0.5, 0.6) is 11.5 Å². The maximum atomic E-state index is 11.0. The van der Waals surface area contributed by atoms with E-state index in [-0.39, 0.29) is 12.4 Å². The van der Waals surface area contributed by atoms with Gasteiger partial charge in [-0.1, -0.05) is 12.1 Å². The number of fused-ring (bicyclic) bond motifs is 2. The van der Waals surface area contributed by atoms with Crippen molar-refractivity contribution in [3.63, 3.8) is 0 Å². The molecule has 0 fully saturated rings. The van der Waals surface area contributed by atoms with Gasteiger partial charge in [-0.15, -0.1) is 0 Å². The number of carboxylic acids is 1. The highest BCUT2D eigenvalue weighted by Crippen LogP contribution is 2.34. The van der Waals surface area contributed by atoms with Crippen LogP contribution >= 0.6 is 0 Å². The second kappa shape index (κ2) is 4.73. The minimum Gasteiger partial charge on any atom is -0.478 e. The van der Waals surface area contributed by atoms with Crippen molar-refractivity contribution in [2.75, 3.05) is 6.79 Å². The third kappa shape index (κ3) is 2.12. The number of carboxylic acid groups (broad SMARTS) is 1. The van der Waals surface area contributed by atoms with Crippen LogP contribution in [0.4, 0.5) is 0 Å². The Hall–Kier alpha value is -3.09. The summed E-state index contributed by atoms with van der Waals surface area (Å²) in [4.78, 5) is 12.5. The summed E-state index contributed by atoms with van der Waals surface area (Å²) >= 11 is 0. The van der Waals surface area contributed by atoms with Gasteiger partial charge in [0, 0.05) is 12.1 Å². The van der Waals surface area contributed by atoms with Crippen LogP contribution in [-0.2, 0) is 6.54 Å². The van der Waals surface area contributed by atoms with Gasteiger partial charge in [-0.05, 0) is 17.7 Å². The molecule has 0 unspecified atom stereocenters. The van der Waals surface area contributed by atoms with Gasteiger partial charge in [0.1, 0.15) is 11.0 Å². The molecule has 0 bridgehead atoms. The van der Waals surface area contributed by atoms with E-state index in [0.29, 0.717) is 29.1 Å². The molecule has 0 radical (unpaired) electrons. The molecule has 0 spiro atoms. The summed E-state index contributed by atoms with van der Waals surface area (Å²) in [5.41, 5.74) is 2.48. The van der Waals surface area contributed by atoms with E-state index in [1.165, 1.54) is 4.80 Å². The number of aromatic carboxylic acids is 1. The molecular formula is C15H11N3O4. The summed E-state index contributed by atoms with van der Waals surface area (Å²) < 4.78 is 10.6. The van der Waals surface area contributed by atoms with Crippen LogP contribution in [0.15, 0.2) is 36.4 Å². The van der Waals surface area contributed by atoms with Crippen molar-refractivity contribution >= 4 is 17.0 Å². The molecule has 3 aromatic rings. The van der Waals surface area contributed by atoms with Crippen molar-refractivity contribution in [3.8, 4) is 11.5 Å². The minimum atomic E-state index is -0.953. The maximum Gasteiger partial charge on any atom is 0.335 e. The quantitative estimate of drug-likeness (QED) is 0.794. The average Bonchev–Trinajstić information content (AvgIpc) is 3.09. The van der Waals surface area contributed by atoms with Gasteiger partial charge >= 0.3 is 5.97 Å². The van der Waals surface area contributed by atoms with E-state index in [1.807, 2.05) is 6.07 Å². The molecule has 1 N–H and O–H groups in total. The lowest BCUT2D eigenvalue weighted by molar-refractivity contribution is 0.0696. The van der Waals surface area contributed by atoms with Crippen LogP contribution in [-0.4, -0.2) is 32.9 Å². The highest BCUT2D eigenvalue weighted by atomic mass is 16.7. The third-order valence-corrected chi connectivity index (χ3v) is 3.41. The largest absolute Gasteiger partial charge is 0.478 e. The van der Waals surface area contributed by atoms with Gasteiger partial charge in [0.15, 0.2) is 11.5 Å². The van der Waals surface area contributed by atoms with E-state index in [2.05, 4.69) is 10.2 Å². The molecule has 7 nitrogen and oxygen atoms in total. The first-order chi connectivity index (χ1) is 10.7. The Kier molecular flexibility index (Phi) is 2.72. The normalized spacial score (nSPS) is 12.7. The summed E-state index contributed by atoms with van der Waals surface area (Å²) in [5.74, 6) is 0.367. The zero-order valence-electron chi connectivity index (χ0n) is 11.4. The van der Waals surface area contributed by atoms with Crippen molar-refractivity contribution in [2.45, 2.75) is 6.54 Å². The van der Waals surface area contributed by atoms with Crippen molar-refractivity contribution in [1.82, 2.24) is 15.0 Å². The number of aromatic nitrogens is 3. The summed E-state index contributed by atoms with van der Waals surface area (Å²) in [7, 11) is 0. The Morgan fingerprint density at radius 3 is 2.45 bits per heavy atom. The van der Waals surface area contributed by atoms with Crippen LogP contribution in [0.3, 0.4) is 0 Å². The lowest BCUT2D eigenvalue weighted by atomic mass is 10.1. The molecule has 2 heterocycles. The predicted molar refractivity (Wildman–Crippen MR) is 76.2 cm³/mol. The van der Waals surface area contributed by atoms with Crippen LogP contribution < -0.4 is 9.47 Å². The smallest absolute Gasteiger partial charge is 0.335 e. The lowest BCUT2D eigenvalue weighted by Crippen LogP contribution is -2.05. The molecule has 1 aromatic heterocycles. The van der Waals surface area contributed by atoms with E-state index in [4.69, 9.17) is 14.6 Å². The van der Waals surface area contributed by atoms with Crippen molar-refractivity contribution in [2.24, 2.45) is 0 Å². The maximum absolute atomic E-state index is 11.0. The van der Waals surface area contributed by atoms with Gasteiger partial charge in [-0.25, -0.2) is 4.79 Å². The molecule has 4 rings (SSSR count). The van der Waals surface area contributed by atoms with E-state index >= 15 is 0 Å². The van der Waals surface area contributed by atoms with Crippen LogP contribution in [0.1, 0.15) is 15.9 Å². The van der Waals surface area contributed by atoms with E-state index in [1.54, 1.807) is 30.3 Å². The second-order valence-electron chi connectivity index (χ2n) is 4.93. The zero-order valence-corrected chi connectivity index (χ0v) is 11.4. The van der Waals surface area contributed by atoms with Crippen LogP contribution in [0.2, 0.25) is 0 Å². The molecule has 110 valence electrons. The third-order valence-electron chi connectivity index (χ3n) is 3.41. The summed E-state index contributed by atoms with van der Waals surface area (Å²) in [6.45, 7) is 0.603. The summed E-state index contributed by atoms with van der Waals surface area (Å²) in [5, 5.41) is 17.8. The fourth-order valence-corrected chi connectivity index (χ4v) is 2.39. The Labute approximate surface area is 124 Å². The van der Waals surface area contributed by atoms with Crippen LogP contribution in [0, 0.1) is 0 Å². The number of hydrogen-bond acceptors (Lipinski definition) is 5. The molecule has 0 aliphatic carbocycles. The lowest BCUT2D eigenvalue weighted by Gasteiger charge is -2.01. The molecule has 0 atom stereocenters. The number of benzene rings is 2. The van der Waals surface area contributed by atoms with Crippen molar-refractivity contribution in [1.29, 1.82) is 0 Å². The van der Waals surface area contributed by atoms with Gasteiger partial charge in [0.05, 0.1) is 12.1 Å². The minimum absolute atomic E-state index is 0.212. The summed E-state index contributed by atoms with van der Waals surface area (Å²) in [6, 6.07) is 10.3. The van der Waals surface area contributed by atoms with E-state index in [9.17, 15) is 4.79 Å². The van der Waals surface area contributed by atoms with Gasteiger partial charge in [0.2, 0.25) is 6.79 Å². The second-order valence-corrected chi connectivity index (χ2v) is 4.93. The number of carbonyl (C=O) groups is 1. The standard InChI is InChI=1S/C15H11N3O4/c19-15(20)10-3-1-2-9(4-10)7-18-16-11-5-13-14(22-8-21-13)6-12(11)17-18/h1-6H,7-8H2,(H,19,20). The Balaban J connectivity index is 1.67. The van der Waals surface area contributed by atoms with Gasteiger partial charge in [-0.2, -0.15) is 15.0 Å². The molecule has 0 saturated heterocycles. The molecule has 7 heteroatoms. The molecule has 1 aliphatic rings. The van der Waals surface area contributed by atoms with Gasteiger partial charge in [0.25, 0.3) is 0 Å². The predicted octanol–water partition coefficient (Wildman–Crippen LogP) is 1.91. The molecule has 0 saturated carbocycles. The highest BCUT2D eigenvalue weighted by molar-refractivity contribution is 5.87. The number of ether oxygens (including phenoxy) is 2. The SMILES string of the molecule is O=C(O)c1cccc(Cn2nc3cc4c(cc3n2)OCO4)c1. The molecular weight excluding hydrogens is 286 g/mol. The Morgan fingerprint density at radius 2 is 1.82 bits per heavy atom. The highest BCUT2D eigenvalue weighted by Gasteiger charge is 2.16. The molecule has 1 aliphatic heterocycles. The number of nitrogens with zero attached hydrogens (tertiary/aromatic N) is 3. The molecule has 2 aromatic carbocycles. The first-order valence-corrected chi connectivity index (χ1v) is 6.66. The average molecular weight is 297 g/mol. The Morgan fingerprint density at radius 1 is 1.14 bits per heavy atom. The van der Waals surface area contributed by atoms with Crippen LogP contribution in [0.25, 0.3) is 11.0 Å². The monoisotopic (exact) mass is 297 g/mol. The topological polar surface area (TPSA) is 86.5 Å². The first-order valence-electron chi connectivity index (χ1n) is 6.66. The fourth-order valence-electron chi connectivity index (χ4n) is 2.39. The molecule has 0 amide bonds. The number of rotatable bonds is 3. The van der Waals surface area contributed by atoms with Crippen molar-refractivity contribution in [3.05, 3.63) is 47.5 Å². The number of hydrogen-bond donors (Lipinski definition) is 1. The van der Waals surface area contributed by atoms with Gasteiger partial charge < -0.3 is 14.6 Å². The molecule has 22 heavy (non-hydrogen) atoms. The fraction of sp³-hybridized carbons (Fsp3) is 0.133. The van der Waals surface area contributed by atoms with E-state index < -0.39 is 5.97 Å². The van der Waals surface area contributed by atoms with Gasteiger partial charge in [-0.3, -0.25) is 0 Å². The zero-order chi connectivity index (χ0) is 15.1. The summed E-state index contributed by atoms with van der Waals surface area (Å²) in [6.07, 6.45) is 0. The van der Waals surface area contributed by atoms with Crippen molar-refractivity contribution < 1.29 is 19.4 Å². The first kappa shape index (κ1) is 12.6. The van der Waals surface area contributed by atoms with E-state index in [0.717, 1.165) is 5.56 Å². The Bertz CT molecular complexity index is 847.